The molecule has 0 radical (unpaired) electrons. The van der Waals surface area contributed by atoms with E-state index >= 15 is 0 Å². The molecule has 0 heterocycles. The van der Waals surface area contributed by atoms with Gasteiger partial charge in [-0.15, -0.1) is 12.4 Å². The molecule has 6 N–H and O–H groups in total. The number of nitrogens with zero attached hydrogens (tertiary/aromatic N) is 1. The normalized spacial score (nSPS) is 14.6. The summed E-state index contributed by atoms with van der Waals surface area (Å²) in [5.41, 5.74) is 0. The summed E-state index contributed by atoms with van der Waals surface area (Å²) in [6.07, 6.45) is 31.1. The molecule has 0 aromatic carbocycles. The van der Waals surface area contributed by atoms with Gasteiger partial charge in [0.1, 0.15) is 30.6 Å². The van der Waals surface area contributed by atoms with Crippen LogP contribution in [0.2, 0.25) is 0 Å². The van der Waals surface area contributed by atoms with Gasteiger partial charge < -0.3 is 30.8 Å². The van der Waals surface area contributed by atoms with Crippen LogP contribution in [-0.2, 0) is 4.79 Å². The minimum Gasteiger partial charge on any atom is -0.394 e. The number of halogens is 1. The summed E-state index contributed by atoms with van der Waals surface area (Å²) in [5.74, 6) is -0.301. The number of amides is 1. The molecule has 0 saturated heterocycles. The van der Waals surface area contributed by atoms with E-state index in [9.17, 15) is 30.3 Å². The average molecular weight is 780 g/mol. The number of carbonyl (C=O) groups excluding carboxylic acids is 1. The Hall–Kier alpha value is -0.480. The molecule has 53 heavy (non-hydrogen) atoms. The van der Waals surface area contributed by atoms with Gasteiger partial charge in [0, 0.05) is 5.92 Å². The zero-order valence-corrected chi connectivity index (χ0v) is 36.1. The van der Waals surface area contributed by atoms with Gasteiger partial charge in [-0.3, -0.25) is 9.69 Å². The van der Waals surface area contributed by atoms with Crippen LogP contribution < -0.4 is 5.32 Å². The molecule has 0 fully saturated rings. The topological polar surface area (TPSA) is 133 Å². The SMILES string of the molecule is CCCCCCCCCCCCCCCCC(CCCCCCCCCCCCCCCC)C(=O)NC([C@H](O)[C@@H](O)[C@H](O)[C@H](O)CO)N(C)CCC.Cl. The van der Waals surface area contributed by atoms with Crippen LogP contribution in [0.1, 0.15) is 220 Å². The Morgan fingerprint density at radius 2 is 0.811 bits per heavy atom. The third-order valence-electron chi connectivity index (χ3n) is 11.1. The van der Waals surface area contributed by atoms with Crippen LogP contribution in [0.15, 0.2) is 0 Å². The fourth-order valence-corrected chi connectivity index (χ4v) is 7.51. The minimum absolute atomic E-state index is 0. The van der Waals surface area contributed by atoms with E-state index in [1.807, 2.05) is 6.92 Å². The van der Waals surface area contributed by atoms with Crippen molar-refractivity contribution < 1.29 is 30.3 Å². The molecule has 0 aliphatic heterocycles. The molecule has 0 aromatic rings. The van der Waals surface area contributed by atoms with Crippen molar-refractivity contribution in [2.24, 2.45) is 5.92 Å². The molecule has 320 valence electrons. The lowest BCUT2D eigenvalue weighted by molar-refractivity contribution is -0.143. The molecular formula is C44H91ClN2O6. The van der Waals surface area contributed by atoms with E-state index in [-0.39, 0.29) is 24.2 Å². The number of hydrogen-bond donors (Lipinski definition) is 6. The first-order chi connectivity index (χ1) is 25.2. The second kappa shape index (κ2) is 39.7. The summed E-state index contributed by atoms with van der Waals surface area (Å²) in [6.45, 7) is 6.36. The summed E-state index contributed by atoms with van der Waals surface area (Å²) in [5, 5.41) is 54.2. The molecule has 1 unspecified atom stereocenters. The van der Waals surface area contributed by atoms with Crippen LogP contribution in [-0.4, -0.2) is 87.1 Å². The Bertz CT molecular complexity index is 733. The van der Waals surface area contributed by atoms with Crippen LogP contribution in [0.25, 0.3) is 0 Å². The lowest BCUT2D eigenvalue weighted by Gasteiger charge is -2.37. The minimum atomic E-state index is -1.74. The maximum absolute atomic E-state index is 13.8. The van der Waals surface area contributed by atoms with Crippen molar-refractivity contribution >= 4 is 18.3 Å². The Labute approximate surface area is 334 Å². The van der Waals surface area contributed by atoms with Crippen molar-refractivity contribution in [1.82, 2.24) is 10.2 Å². The highest BCUT2D eigenvalue weighted by atomic mass is 35.5. The Morgan fingerprint density at radius 3 is 1.11 bits per heavy atom. The summed E-state index contributed by atoms with van der Waals surface area (Å²) in [4.78, 5) is 15.6. The third-order valence-corrected chi connectivity index (χ3v) is 11.1. The van der Waals surface area contributed by atoms with Gasteiger partial charge in [0.2, 0.25) is 5.91 Å². The summed E-state index contributed by atoms with van der Waals surface area (Å²) in [7, 11) is 1.77. The van der Waals surface area contributed by atoms with Crippen LogP contribution in [0.3, 0.4) is 0 Å². The number of unbranched alkanes of at least 4 members (excludes halogenated alkanes) is 26. The smallest absolute Gasteiger partial charge is 0.224 e. The van der Waals surface area contributed by atoms with Gasteiger partial charge in [0.05, 0.1) is 6.61 Å². The highest BCUT2D eigenvalue weighted by molar-refractivity contribution is 5.85. The largest absolute Gasteiger partial charge is 0.394 e. The monoisotopic (exact) mass is 779 g/mol. The van der Waals surface area contributed by atoms with Crippen molar-refractivity contribution in [3.63, 3.8) is 0 Å². The van der Waals surface area contributed by atoms with E-state index in [0.29, 0.717) is 6.54 Å². The number of likely N-dealkylation sites (N-methyl/N-ethyl adjacent to an activating group) is 1. The lowest BCUT2D eigenvalue weighted by Crippen LogP contribution is -2.61. The van der Waals surface area contributed by atoms with Crippen molar-refractivity contribution in [3.8, 4) is 0 Å². The molecule has 0 spiro atoms. The zero-order chi connectivity index (χ0) is 38.7. The molecule has 0 saturated carbocycles. The second-order valence-corrected chi connectivity index (χ2v) is 16.1. The summed E-state index contributed by atoms with van der Waals surface area (Å²) < 4.78 is 0. The van der Waals surface area contributed by atoms with Gasteiger partial charge in [0.25, 0.3) is 0 Å². The molecule has 0 aliphatic carbocycles. The maximum atomic E-state index is 13.8. The number of nitrogens with one attached hydrogen (secondary N) is 1. The van der Waals surface area contributed by atoms with Gasteiger partial charge in [-0.25, -0.2) is 0 Å². The molecule has 0 rings (SSSR count). The van der Waals surface area contributed by atoms with Gasteiger partial charge in [-0.05, 0) is 32.9 Å². The van der Waals surface area contributed by atoms with Crippen LogP contribution in [0.5, 0.6) is 0 Å². The summed E-state index contributed by atoms with van der Waals surface area (Å²) in [6, 6.07) is 0. The fourth-order valence-electron chi connectivity index (χ4n) is 7.51. The molecule has 5 atom stereocenters. The Balaban J connectivity index is 0. The second-order valence-electron chi connectivity index (χ2n) is 16.1. The van der Waals surface area contributed by atoms with Gasteiger partial charge in [0.15, 0.2) is 0 Å². The van der Waals surface area contributed by atoms with E-state index < -0.39 is 37.2 Å². The molecular weight excluding hydrogens is 688 g/mol. The van der Waals surface area contributed by atoms with Crippen molar-refractivity contribution in [2.75, 3.05) is 20.2 Å². The first-order valence-electron chi connectivity index (χ1n) is 22.6. The van der Waals surface area contributed by atoms with E-state index in [2.05, 4.69) is 19.2 Å². The third kappa shape index (κ3) is 30.3. The first kappa shape index (κ1) is 54.6. The molecule has 0 bridgehead atoms. The number of hydrogen-bond acceptors (Lipinski definition) is 7. The van der Waals surface area contributed by atoms with Gasteiger partial charge in [-0.2, -0.15) is 0 Å². The predicted octanol–water partition coefficient (Wildman–Crippen LogP) is 9.99. The lowest BCUT2D eigenvalue weighted by atomic mass is 9.92. The van der Waals surface area contributed by atoms with E-state index in [1.54, 1.807) is 11.9 Å². The molecule has 9 heteroatoms. The van der Waals surface area contributed by atoms with Crippen LogP contribution in [0.4, 0.5) is 0 Å². The first-order valence-corrected chi connectivity index (χ1v) is 22.6. The Kier molecular flexibility index (Phi) is 41.0. The highest BCUT2D eigenvalue weighted by Gasteiger charge is 2.37. The standard InChI is InChI=1S/C44H90N2O6.ClH/c1-5-8-10-12-14-16-18-20-22-24-26-28-30-32-34-38(35-33-31-29-27-25-23-21-19-17-15-13-11-9-6-2)44(52)45-43(46(4)36-7-3)42(51)41(50)40(49)39(48)37-47;/h38-43,47-51H,5-37H2,1-4H3,(H,45,52);1H/t39-,40-,41+,42-,43?;/m1./s1. The van der Waals surface area contributed by atoms with Crippen molar-refractivity contribution in [3.05, 3.63) is 0 Å². The molecule has 0 aliphatic rings. The molecule has 1 amide bonds. The summed E-state index contributed by atoms with van der Waals surface area (Å²) >= 11 is 0. The zero-order valence-electron chi connectivity index (χ0n) is 35.3. The van der Waals surface area contributed by atoms with E-state index in [4.69, 9.17) is 0 Å². The van der Waals surface area contributed by atoms with Gasteiger partial charge >= 0.3 is 0 Å². The van der Waals surface area contributed by atoms with Crippen molar-refractivity contribution in [2.45, 2.75) is 250 Å². The fraction of sp³-hybridized carbons (Fsp3) is 0.977. The van der Waals surface area contributed by atoms with Gasteiger partial charge in [-0.1, -0.05) is 201 Å². The van der Waals surface area contributed by atoms with Crippen LogP contribution in [0, 0.1) is 5.92 Å². The molecule has 0 aromatic heterocycles. The quantitative estimate of drug-likeness (QED) is 0.0270. The number of rotatable bonds is 40. The number of aliphatic hydroxyl groups is 5. The maximum Gasteiger partial charge on any atom is 0.224 e. The predicted molar refractivity (Wildman–Crippen MR) is 227 cm³/mol. The average Bonchev–Trinajstić information content (AvgIpc) is 3.14. The van der Waals surface area contributed by atoms with E-state index in [1.165, 1.54) is 154 Å². The number of carbonyl (C=O) groups is 1. The van der Waals surface area contributed by atoms with E-state index in [0.717, 1.165) is 44.9 Å². The highest BCUT2D eigenvalue weighted by Crippen LogP contribution is 2.22. The van der Waals surface area contributed by atoms with Crippen molar-refractivity contribution in [1.29, 1.82) is 0 Å². The number of aliphatic hydroxyl groups excluding tert-OH is 5. The van der Waals surface area contributed by atoms with Crippen LogP contribution >= 0.6 is 12.4 Å². The molecule has 8 nitrogen and oxygen atoms in total. The Morgan fingerprint density at radius 1 is 0.491 bits per heavy atom.